The molecule has 0 aliphatic heterocycles. The Balaban J connectivity index is 0.00000225. The summed E-state index contributed by atoms with van der Waals surface area (Å²) in [6.45, 7) is 6.04. The van der Waals surface area contributed by atoms with Crippen LogP contribution >= 0.6 is 12.4 Å². The number of carbonyl (C=O) groups excluding carboxylic acids is 1. The Morgan fingerprint density at radius 2 is 2.00 bits per heavy atom. The normalized spacial score (nSPS) is 28.8. The summed E-state index contributed by atoms with van der Waals surface area (Å²) in [5.41, 5.74) is 5.71. The lowest BCUT2D eigenvalue weighted by molar-refractivity contribution is -0.125. The van der Waals surface area contributed by atoms with Gasteiger partial charge >= 0.3 is 0 Å². The molecule has 1 saturated carbocycles. The van der Waals surface area contributed by atoms with Gasteiger partial charge in [0.2, 0.25) is 5.91 Å². The summed E-state index contributed by atoms with van der Waals surface area (Å²) in [4.78, 5) is 11.8. The first-order valence-electron chi connectivity index (χ1n) is 6.06. The maximum absolute atomic E-state index is 11.8. The first-order chi connectivity index (χ1) is 7.00. The Morgan fingerprint density at radius 1 is 1.38 bits per heavy atom. The minimum atomic E-state index is -0.0813. The molecule has 4 unspecified atom stereocenters. The second kappa shape index (κ2) is 7.13. The number of hydrogen-bond donors (Lipinski definition) is 2. The molecule has 0 heterocycles. The zero-order chi connectivity index (χ0) is 11.4. The van der Waals surface area contributed by atoms with E-state index in [-0.39, 0.29) is 30.3 Å². The zero-order valence-electron chi connectivity index (χ0n) is 10.5. The fraction of sp³-hybridized carbons (Fsp3) is 0.917. The van der Waals surface area contributed by atoms with Crippen molar-refractivity contribution in [3.05, 3.63) is 0 Å². The average Bonchev–Trinajstić information content (AvgIpc) is 2.16. The predicted octanol–water partition coefficient (Wildman–Crippen LogP) is 2.09. The molecular weight excluding hydrogens is 224 g/mol. The van der Waals surface area contributed by atoms with Gasteiger partial charge in [0, 0.05) is 18.0 Å². The van der Waals surface area contributed by atoms with Crippen molar-refractivity contribution in [1.82, 2.24) is 5.32 Å². The number of amides is 1. The molecule has 1 aliphatic rings. The Bertz CT molecular complexity index is 221. The molecule has 3 N–H and O–H groups in total. The van der Waals surface area contributed by atoms with Crippen molar-refractivity contribution in [2.45, 2.75) is 58.5 Å². The maximum atomic E-state index is 11.8. The largest absolute Gasteiger partial charge is 0.353 e. The van der Waals surface area contributed by atoms with Gasteiger partial charge in [0.15, 0.2) is 0 Å². The fourth-order valence-corrected chi connectivity index (χ4v) is 2.14. The van der Waals surface area contributed by atoms with Crippen LogP contribution in [-0.2, 0) is 4.79 Å². The van der Waals surface area contributed by atoms with Gasteiger partial charge < -0.3 is 11.1 Å². The lowest BCUT2D eigenvalue weighted by atomic mass is 9.86. The maximum Gasteiger partial charge on any atom is 0.224 e. The number of carbonyl (C=O) groups is 1. The third-order valence-corrected chi connectivity index (χ3v) is 3.49. The van der Waals surface area contributed by atoms with E-state index in [2.05, 4.69) is 12.2 Å². The lowest BCUT2D eigenvalue weighted by Crippen LogP contribution is -2.44. The van der Waals surface area contributed by atoms with Crippen LogP contribution in [0.2, 0.25) is 0 Å². The van der Waals surface area contributed by atoms with Gasteiger partial charge in [-0.1, -0.05) is 26.7 Å². The monoisotopic (exact) mass is 248 g/mol. The molecule has 1 rings (SSSR count). The van der Waals surface area contributed by atoms with Crippen molar-refractivity contribution in [2.24, 2.45) is 17.6 Å². The van der Waals surface area contributed by atoms with Gasteiger partial charge in [0.05, 0.1) is 0 Å². The fourth-order valence-electron chi connectivity index (χ4n) is 2.14. The Kier molecular flexibility index (Phi) is 7.00. The van der Waals surface area contributed by atoms with E-state index in [0.717, 1.165) is 18.8 Å². The van der Waals surface area contributed by atoms with Gasteiger partial charge in [-0.25, -0.2) is 0 Å². The van der Waals surface area contributed by atoms with Crippen LogP contribution in [0, 0.1) is 11.8 Å². The zero-order valence-corrected chi connectivity index (χ0v) is 11.3. The number of hydrogen-bond acceptors (Lipinski definition) is 2. The highest BCUT2D eigenvalue weighted by atomic mass is 35.5. The summed E-state index contributed by atoms with van der Waals surface area (Å²) >= 11 is 0. The first kappa shape index (κ1) is 15.7. The molecule has 4 heteroatoms. The highest BCUT2D eigenvalue weighted by Crippen LogP contribution is 2.23. The lowest BCUT2D eigenvalue weighted by Gasteiger charge is -2.29. The molecule has 0 saturated heterocycles. The van der Waals surface area contributed by atoms with E-state index in [0.29, 0.717) is 6.04 Å². The van der Waals surface area contributed by atoms with Crippen LogP contribution in [0.4, 0.5) is 0 Å². The average molecular weight is 249 g/mol. The van der Waals surface area contributed by atoms with E-state index in [4.69, 9.17) is 5.73 Å². The molecule has 0 spiro atoms. The summed E-state index contributed by atoms with van der Waals surface area (Å²) in [5, 5.41) is 3.11. The van der Waals surface area contributed by atoms with Gasteiger partial charge in [-0.3, -0.25) is 4.79 Å². The Morgan fingerprint density at radius 3 is 2.50 bits per heavy atom. The first-order valence-corrected chi connectivity index (χ1v) is 6.06. The number of nitrogens with one attached hydrogen (secondary N) is 1. The highest BCUT2D eigenvalue weighted by molar-refractivity contribution is 5.85. The van der Waals surface area contributed by atoms with Crippen LogP contribution in [0.3, 0.4) is 0 Å². The molecule has 0 aromatic rings. The van der Waals surface area contributed by atoms with Crippen molar-refractivity contribution in [3.63, 3.8) is 0 Å². The van der Waals surface area contributed by atoms with Crippen molar-refractivity contribution >= 4 is 18.3 Å². The predicted molar refractivity (Wildman–Crippen MR) is 69.6 cm³/mol. The molecule has 0 aromatic heterocycles. The van der Waals surface area contributed by atoms with Gasteiger partial charge in [0.1, 0.15) is 0 Å². The molecule has 1 aliphatic carbocycles. The SMILES string of the molecule is CC1CCCC(NC(=O)C(C)C(C)N)C1.Cl. The van der Waals surface area contributed by atoms with Crippen LogP contribution in [0.5, 0.6) is 0 Å². The van der Waals surface area contributed by atoms with E-state index in [1.54, 1.807) is 0 Å². The van der Waals surface area contributed by atoms with Crippen LogP contribution < -0.4 is 11.1 Å². The van der Waals surface area contributed by atoms with E-state index in [1.807, 2.05) is 13.8 Å². The molecule has 4 atom stereocenters. The van der Waals surface area contributed by atoms with Gasteiger partial charge in [0.25, 0.3) is 0 Å². The smallest absolute Gasteiger partial charge is 0.224 e. The highest BCUT2D eigenvalue weighted by Gasteiger charge is 2.23. The summed E-state index contributed by atoms with van der Waals surface area (Å²) in [6.07, 6.45) is 4.78. The molecular formula is C12H25ClN2O. The molecule has 3 nitrogen and oxygen atoms in total. The molecule has 96 valence electrons. The Labute approximate surface area is 105 Å². The van der Waals surface area contributed by atoms with Crippen LogP contribution in [0.15, 0.2) is 0 Å². The van der Waals surface area contributed by atoms with Crippen LogP contribution in [-0.4, -0.2) is 18.0 Å². The van der Waals surface area contributed by atoms with Crippen molar-refractivity contribution in [3.8, 4) is 0 Å². The summed E-state index contributed by atoms with van der Waals surface area (Å²) in [6, 6.07) is 0.313. The van der Waals surface area contributed by atoms with Crippen molar-refractivity contribution in [1.29, 1.82) is 0 Å². The van der Waals surface area contributed by atoms with Gasteiger partial charge in [-0.05, 0) is 25.7 Å². The van der Waals surface area contributed by atoms with Crippen LogP contribution in [0.1, 0.15) is 46.5 Å². The third kappa shape index (κ3) is 4.71. The van der Waals surface area contributed by atoms with E-state index in [1.165, 1.54) is 12.8 Å². The molecule has 1 amide bonds. The third-order valence-electron chi connectivity index (χ3n) is 3.49. The number of halogens is 1. The molecule has 1 fully saturated rings. The van der Waals surface area contributed by atoms with Crippen LogP contribution in [0.25, 0.3) is 0 Å². The van der Waals surface area contributed by atoms with Crippen molar-refractivity contribution < 1.29 is 4.79 Å². The molecule has 16 heavy (non-hydrogen) atoms. The molecule has 0 aromatic carbocycles. The standard InChI is InChI=1S/C12H24N2O.ClH/c1-8-5-4-6-11(7-8)14-12(15)9(2)10(3)13;/h8-11H,4-7,13H2,1-3H3,(H,14,15);1H. The minimum absolute atomic E-state index is 0. The second-order valence-electron chi connectivity index (χ2n) is 5.13. The van der Waals surface area contributed by atoms with Gasteiger partial charge in [-0.15, -0.1) is 12.4 Å². The summed E-state index contributed by atoms with van der Waals surface area (Å²) < 4.78 is 0. The minimum Gasteiger partial charge on any atom is -0.353 e. The molecule has 0 radical (unpaired) electrons. The van der Waals surface area contributed by atoms with E-state index in [9.17, 15) is 4.79 Å². The number of rotatable bonds is 3. The van der Waals surface area contributed by atoms with Gasteiger partial charge in [-0.2, -0.15) is 0 Å². The topological polar surface area (TPSA) is 55.1 Å². The second-order valence-corrected chi connectivity index (χ2v) is 5.13. The van der Waals surface area contributed by atoms with E-state index >= 15 is 0 Å². The number of nitrogens with two attached hydrogens (primary N) is 1. The van der Waals surface area contributed by atoms with E-state index < -0.39 is 0 Å². The summed E-state index contributed by atoms with van der Waals surface area (Å²) in [7, 11) is 0. The summed E-state index contributed by atoms with van der Waals surface area (Å²) in [5.74, 6) is 0.779. The quantitative estimate of drug-likeness (QED) is 0.804. The molecule has 0 bridgehead atoms. The Hall–Kier alpha value is -0.280. The van der Waals surface area contributed by atoms with Crippen molar-refractivity contribution in [2.75, 3.05) is 0 Å².